The summed E-state index contributed by atoms with van der Waals surface area (Å²) in [6.07, 6.45) is 3.02. The Morgan fingerprint density at radius 3 is 2.71 bits per heavy atom. The summed E-state index contributed by atoms with van der Waals surface area (Å²) in [6.45, 7) is 9.85. The maximum atomic E-state index is 13.3. The SMILES string of the molecule is COC(=O)c1cccc2c3c([nH]c12)CCN(C(=O)[C@@H]1[C@H](C=C(C)C)C1(C)C)C3. The van der Waals surface area contributed by atoms with Gasteiger partial charge in [-0.2, -0.15) is 0 Å². The third-order valence-corrected chi connectivity index (χ3v) is 6.42. The first kappa shape index (κ1) is 18.8. The molecule has 1 aromatic carbocycles. The van der Waals surface area contributed by atoms with E-state index in [1.54, 1.807) is 6.07 Å². The van der Waals surface area contributed by atoms with Gasteiger partial charge in [0.15, 0.2) is 0 Å². The summed E-state index contributed by atoms with van der Waals surface area (Å²) in [6, 6.07) is 5.66. The molecule has 1 fully saturated rings. The van der Waals surface area contributed by atoms with Crippen LogP contribution in [-0.2, 0) is 22.5 Å². The summed E-state index contributed by atoms with van der Waals surface area (Å²) in [7, 11) is 1.39. The lowest BCUT2D eigenvalue weighted by atomic mass is 10.0. The lowest BCUT2D eigenvalue weighted by molar-refractivity contribution is -0.134. The topological polar surface area (TPSA) is 62.4 Å². The Kier molecular flexibility index (Phi) is 4.36. The third-order valence-electron chi connectivity index (χ3n) is 6.42. The van der Waals surface area contributed by atoms with Crippen LogP contribution in [0.15, 0.2) is 29.8 Å². The molecule has 5 heteroatoms. The molecule has 0 spiro atoms. The summed E-state index contributed by atoms with van der Waals surface area (Å²) < 4.78 is 4.91. The Balaban J connectivity index is 1.63. The van der Waals surface area contributed by atoms with Crippen molar-refractivity contribution in [2.24, 2.45) is 17.3 Å². The first-order valence-corrected chi connectivity index (χ1v) is 9.90. The lowest BCUT2D eigenvalue weighted by Gasteiger charge is -2.28. The number of allylic oxidation sites excluding steroid dienone is 2. The molecule has 5 nitrogen and oxygen atoms in total. The van der Waals surface area contributed by atoms with Gasteiger partial charge in [-0.15, -0.1) is 0 Å². The van der Waals surface area contributed by atoms with Gasteiger partial charge >= 0.3 is 5.97 Å². The average Bonchev–Trinajstić information content (AvgIpc) is 3.00. The van der Waals surface area contributed by atoms with Gasteiger partial charge in [0.2, 0.25) is 5.91 Å². The maximum Gasteiger partial charge on any atom is 0.339 e. The van der Waals surface area contributed by atoms with Crippen molar-refractivity contribution in [3.63, 3.8) is 0 Å². The Labute approximate surface area is 165 Å². The molecular formula is C23H28N2O3. The second kappa shape index (κ2) is 6.50. The van der Waals surface area contributed by atoms with Crippen LogP contribution in [0.1, 0.15) is 49.3 Å². The van der Waals surface area contributed by atoms with Crippen LogP contribution >= 0.6 is 0 Å². The molecule has 2 heterocycles. The van der Waals surface area contributed by atoms with E-state index in [9.17, 15) is 9.59 Å². The van der Waals surface area contributed by atoms with Crippen molar-refractivity contribution in [1.29, 1.82) is 0 Å². The molecule has 0 saturated heterocycles. The van der Waals surface area contributed by atoms with Crippen molar-refractivity contribution in [3.8, 4) is 0 Å². The fourth-order valence-corrected chi connectivity index (χ4v) is 4.72. The highest BCUT2D eigenvalue weighted by atomic mass is 16.5. The molecule has 0 unspecified atom stereocenters. The van der Waals surface area contributed by atoms with Crippen LogP contribution in [0.4, 0.5) is 0 Å². The number of carbonyl (C=O) groups excluding carboxylic acids is 2. The van der Waals surface area contributed by atoms with Gasteiger partial charge in [0.05, 0.1) is 24.1 Å². The van der Waals surface area contributed by atoms with Gasteiger partial charge in [-0.1, -0.05) is 37.6 Å². The first-order chi connectivity index (χ1) is 13.3. The van der Waals surface area contributed by atoms with Gasteiger partial charge < -0.3 is 14.6 Å². The van der Waals surface area contributed by atoms with Gasteiger partial charge in [0, 0.05) is 36.2 Å². The van der Waals surface area contributed by atoms with Crippen LogP contribution in [0, 0.1) is 17.3 Å². The zero-order valence-electron chi connectivity index (χ0n) is 17.3. The minimum Gasteiger partial charge on any atom is -0.465 e. The van der Waals surface area contributed by atoms with Gasteiger partial charge in [-0.25, -0.2) is 4.79 Å². The quantitative estimate of drug-likeness (QED) is 0.645. The Bertz CT molecular complexity index is 995. The largest absolute Gasteiger partial charge is 0.465 e. The third kappa shape index (κ3) is 2.84. The predicted octanol–water partition coefficient (Wildman–Crippen LogP) is 4.08. The van der Waals surface area contributed by atoms with E-state index in [0.717, 1.165) is 28.6 Å². The number of carbonyl (C=O) groups is 2. The highest BCUT2D eigenvalue weighted by Gasteiger charge is 2.61. The predicted molar refractivity (Wildman–Crippen MR) is 109 cm³/mol. The molecule has 1 aliphatic carbocycles. The normalized spacial score (nSPS) is 22.5. The first-order valence-electron chi connectivity index (χ1n) is 9.90. The number of aromatic nitrogens is 1. The Morgan fingerprint density at radius 2 is 2.04 bits per heavy atom. The van der Waals surface area contributed by atoms with E-state index in [1.807, 2.05) is 17.0 Å². The van der Waals surface area contributed by atoms with E-state index in [0.29, 0.717) is 24.6 Å². The van der Waals surface area contributed by atoms with Gasteiger partial charge in [-0.3, -0.25) is 4.79 Å². The number of amides is 1. The number of benzene rings is 1. The van der Waals surface area contributed by atoms with E-state index in [-0.39, 0.29) is 23.2 Å². The molecular weight excluding hydrogens is 352 g/mol. The highest BCUT2D eigenvalue weighted by Crippen LogP contribution is 2.60. The van der Waals surface area contributed by atoms with Crippen molar-refractivity contribution in [2.75, 3.05) is 13.7 Å². The van der Waals surface area contributed by atoms with Gasteiger partial charge in [0.25, 0.3) is 0 Å². The zero-order chi connectivity index (χ0) is 20.2. The van der Waals surface area contributed by atoms with Crippen molar-refractivity contribution < 1.29 is 14.3 Å². The number of aromatic amines is 1. The summed E-state index contributed by atoms with van der Waals surface area (Å²) in [5.74, 6) is 0.276. The molecule has 28 heavy (non-hydrogen) atoms. The van der Waals surface area contributed by atoms with Crippen LogP contribution < -0.4 is 0 Å². The molecule has 148 valence electrons. The van der Waals surface area contributed by atoms with Gasteiger partial charge in [-0.05, 0) is 31.2 Å². The van der Waals surface area contributed by atoms with E-state index in [4.69, 9.17) is 4.74 Å². The van der Waals surface area contributed by atoms with Crippen LogP contribution in [0.2, 0.25) is 0 Å². The maximum absolute atomic E-state index is 13.3. The van der Waals surface area contributed by atoms with E-state index in [2.05, 4.69) is 38.8 Å². The standard InChI is InChI=1S/C23H28N2O3/c1-13(2)11-17-19(23(17,3)4)21(26)25-10-9-18-16(12-25)14-7-6-8-15(20(14)24-18)22(27)28-5/h6-8,11,17,19,24H,9-10,12H2,1-5H3/t17-,19-/m0/s1. The molecule has 0 bridgehead atoms. The molecule has 1 N–H and O–H groups in total. The van der Waals surface area contributed by atoms with Crippen LogP contribution in [0.5, 0.6) is 0 Å². The number of nitrogens with one attached hydrogen (secondary N) is 1. The fourth-order valence-electron chi connectivity index (χ4n) is 4.72. The number of hydrogen-bond donors (Lipinski definition) is 1. The Hall–Kier alpha value is -2.56. The lowest BCUT2D eigenvalue weighted by Crippen LogP contribution is -2.37. The van der Waals surface area contributed by atoms with E-state index in [1.165, 1.54) is 12.7 Å². The minimum atomic E-state index is -0.346. The summed E-state index contributed by atoms with van der Waals surface area (Å²) in [5.41, 5.74) is 4.87. The Morgan fingerprint density at radius 1 is 1.29 bits per heavy atom. The summed E-state index contributed by atoms with van der Waals surface area (Å²) in [5, 5.41) is 1.01. The average molecular weight is 380 g/mol. The van der Waals surface area contributed by atoms with Crippen molar-refractivity contribution >= 4 is 22.8 Å². The van der Waals surface area contributed by atoms with Crippen LogP contribution in [-0.4, -0.2) is 35.4 Å². The van der Waals surface area contributed by atoms with E-state index >= 15 is 0 Å². The fraction of sp³-hybridized carbons (Fsp3) is 0.478. The minimum absolute atomic E-state index is 0.0207. The summed E-state index contributed by atoms with van der Waals surface area (Å²) in [4.78, 5) is 30.8. The molecule has 2 aromatic rings. The summed E-state index contributed by atoms with van der Waals surface area (Å²) >= 11 is 0. The van der Waals surface area contributed by atoms with Gasteiger partial charge in [0.1, 0.15) is 0 Å². The zero-order valence-corrected chi connectivity index (χ0v) is 17.3. The molecule has 1 aromatic heterocycles. The molecule has 1 amide bonds. The van der Waals surface area contributed by atoms with Crippen molar-refractivity contribution in [3.05, 3.63) is 46.7 Å². The number of esters is 1. The number of H-pyrrole nitrogens is 1. The number of nitrogens with zero attached hydrogens (tertiary/aromatic N) is 1. The van der Waals surface area contributed by atoms with Crippen molar-refractivity contribution in [2.45, 2.75) is 40.7 Å². The van der Waals surface area contributed by atoms with Crippen molar-refractivity contribution in [1.82, 2.24) is 9.88 Å². The monoisotopic (exact) mass is 380 g/mol. The number of hydrogen-bond acceptors (Lipinski definition) is 3. The second-order valence-corrected chi connectivity index (χ2v) is 8.88. The smallest absolute Gasteiger partial charge is 0.339 e. The van der Waals surface area contributed by atoms with Crippen LogP contribution in [0.25, 0.3) is 10.9 Å². The second-order valence-electron chi connectivity index (χ2n) is 8.88. The molecule has 2 atom stereocenters. The molecule has 1 saturated carbocycles. The highest BCUT2D eigenvalue weighted by molar-refractivity contribution is 6.04. The number of rotatable bonds is 3. The molecule has 0 radical (unpaired) electrons. The molecule has 4 rings (SSSR count). The number of ether oxygens (including phenoxy) is 1. The number of fused-ring (bicyclic) bond motifs is 3. The van der Waals surface area contributed by atoms with E-state index < -0.39 is 0 Å². The number of methoxy groups -OCH3 is 1. The molecule has 1 aliphatic heterocycles. The number of para-hydroxylation sites is 1. The molecule has 2 aliphatic rings. The van der Waals surface area contributed by atoms with Crippen LogP contribution in [0.3, 0.4) is 0 Å².